The van der Waals surface area contributed by atoms with E-state index in [1.807, 2.05) is 35.1 Å². The maximum Gasteiger partial charge on any atom is 0.416 e. The van der Waals surface area contributed by atoms with Crippen molar-refractivity contribution in [2.24, 2.45) is 5.10 Å². The quantitative estimate of drug-likeness (QED) is 0.523. The minimum atomic E-state index is -4.73. The second-order valence-corrected chi connectivity index (χ2v) is 9.59. The van der Waals surface area contributed by atoms with E-state index >= 15 is 0 Å². The topological polar surface area (TPSA) is 78.8 Å². The Hall–Kier alpha value is -3.37. The molecule has 0 fully saturated rings. The summed E-state index contributed by atoms with van der Waals surface area (Å²) in [5.41, 5.74) is 0.923. The van der Waals surface area contributed by atoms with Gasteiger partial charge in [0.2, 0.25) is 0 Å². The number of carbonyl (C=O) groups is 1. The fourth-order valence-electron chi connectivity index (χ4n) is 3.52. The van der Waals surface area contributed by atoms with Crippen molar-refractivity contribution in [2.45, 2.75) is 17.0 Å². The van der Waals surface area contributed by atoms with E-state index in [1.165, 1.54) is 0 Å². The Morgan fingerprint density at radius 2 is 1.68 bits per heavy atom. The van der Waals surface area contributed by atoms with E-state index in [0.717, 1.165) is 28.8 Å². The van der Waals surface area contributed by atoms with Gasteiger partial charge in [0.25, 0.3) is 10.0 Å². The molecular formula is C23H17ClF3N3O3S. The normalized spacial score (nSPS) is 16.3. The minimum Gasteiger partial charge on any atom is -0.246 e. The molecule has 3 aromatic rings. The molecule has 0 saturated carbocycles. The van der Waals surface area contributed by atoms with Crippen LogP contribution in [0.3, 0.4) is 0 Å². The smallest absolute Gasteiger partial charge is 0.246 e. The lowest BCUT2D eigenvalue weighted by molar-refractivity contribution is -0.137. The van der Waals surface area contributed by atoms with Crippen molar-refractivity contribution >= 4 is 33.4 Å². The number of nitrogens with zero attached hydrogens (tertiary/aromatic N) is 2. The van der Waals surface area contributed by atoms with Crippen LogP contribution in [0.2, 0.25) is 5.02 Å². The highest BCUT2D eigenvalue weighted by molar-refractivity contribution is 7.90. The van der Waals surface area contributed by atoms with E-state index < -0.39 is 32.7 Å². The molecular weight excluding hydrogens is 491 g/mol. The van der Waals surface area contributed by atoms with Crippen LogP contribution < -0.4 is 4.72 Å². The van der Waals surface area contributed by atoms with Crippen LogP contribution in [-0.4, -0.2) is 31.7 Å². The molecule has 0 bridgehead atoms. The van der Waals surface area contributed by atoms with Crippen molar-refractivity contribution in [3.8, 4) is 0 Å². The Balaban J connectivity index is 1.62. The lowest BCUT2D eigenvalue weighted by Crippen LogP contribution is -2.39. The summed E-state index contributed by atoms with van der Waals surface area (Å²) >= 11 is 5.97. The molecule has 1 aliphatic heterocycles. The summed E-state index contributed by atoms with van der Waals surface area (Å²) in [4.78, 5) is 12.1. The van der Waals surface area contributed by atoms with Crippen LogP contribution >= 0.6 is 11.6 Å². The number of rotatable bonds is 4. The van der Waals surface area contributed by atoms with E-state index in [1.54, 1.807) is 24.3 Å². The standard InChI is InChI=1S/C23H17ClF3N3O3S/c24-18-11-9-16(10-12-18)21-20(15-5-2-1-3-6-15)14-30(28-21)22(31)29-34(32,33)19-8-4-7-17(13-19)23(25,26)27/h1-13,20H,14H2,(H,29,31). The summed E-state index contributed by atoms with van der Waals surface area (Å²) in [6.07, 6.45) is -4.73. The largest absolute Gasteiger partial charge is 0.416 e. The van der Waals surface area contributed by atoms with E-state index in [9.17, 15) is 26.4 Å². The zero-order chi connectivity index (χ0) is 24.5. The number of amides is 2. The Bertz CT molecular complexity index is 1350. The van der Waals surface area contributed by atoms with Gasteiger partial charge in [-0.2, -0.15) is 18.3 Å². The molecule has 176 valence electrons. The van der Waals surface area contributed by atoms with Crippen molar-refractivity contribution < 1.29 is 26.4 Å². The number of halogens is 4. The summed E-state index contributed by atoms with van der Waals surface area (Å²) in [7, 11) is -4.58. The fourth-order valence-corrected chi connectivity index (χ4v) is 4.64. The van der Waals surface area contributed by atoms with Gasteiger partial charge in [-0.1, -0.05) is 60.1 Å². The summed E-state index contributed by atoms with van der Waals surface area (Å²) in [5, 5.41) is 5.80. The Labute approximate surface area is 198 Å². The first-order chi connectivity index (χ1) is 16.0. The van der Waals surface area contributed by atoms with Crippen LogP contribution in [0.4, 0.5) is 18.0 Å². The Morgan fingerprint density at radius 3 is 2.32 bits per heavy atom. The fraction of sp³-hybridized carbons (Fsp3) is 0.130. The van der Waals surface area contributed by atoms with Gasteiger partial charge in [0, 0.05) is 10.9 Å². The van der Waals surface area contributed by atoms with Crippen LogP contribution in [0.1, 0.15) is 22.6 Å². The minimum absolute atomic E-state index is 0.0336. The van der Waals surface area contributed by atoms with E-state index in [0.29, 0.717) is 22.4 Å². The third-order valence-corrected chi connectivity index (χ3v) is 6.75. The highest BCUT2D eigenvalue weighted by atomic mass is 35.5. The average molecular weight is 508 g/mol. The molecule has 11 heteroatoms. The number of urea groups is 1. The first kappa shape index (κ1) is 23.8. The van der Waals surface area contributed by atoms with Gasteiger partial charge in [-0.05, 0) is 41.5 Å². The summed E-state index contributed by atoms with van der Waals surface area (Å²) < 4.78 is 66.0. The second kappa shape index (κ2) is 9.11. The Kier molecular flexibility index (Phi) is 6.37. The number of benzene rings is 3. The van der Waals surface area contributed by atoms with E-state index in [2.05, 4.69) is 5.10 Å². The van der Waals surface area contributed by atoms with Crippen LogP contribution in [-0.2, 0) is 16.2 Å². The van der Waals surface area contributed by atoms with Gasteiger partial charge in [0.05, 0.1) is 22.7 Å². The Morgan fingerprint density at radius 1 is 1.00 bits per heavy atom. The van der Waals surface area contributed by atoms with Gasteiger partial charge in [-0.3, -0.25) is 0 Å². The number of nitrogens with one attached hydrogen (secondary N) is 1. The van der Waals surface area contributed by atoms with Gasteiger partial charge < -0.3 is 0 Å². The van der Waals surface area contributed by atoms with Gasteiger partial charge in [0.15, 0.2) is 0 Å². The van der Waals surface area contributed by atoms with Crippen LogP contribution in [0.5, 0.6) is 0 Å². The molecule has 34 heavy (non-hydrogen) atoms. The van der Waals surface area contributed by atoms with Crippen molar-refractivity contribution in [2.75, 3.05) is 6.54 Å². The lowest BCUT2D eigenvalue weighted by atomic mass is 9.91. The molecule has 4 rings (SSSR count). The number of alkyl halides is 3. The predicted molar refractivity (Wildman–Crippen MR) is 121 cm³/mol. The average Bonchev–Trinajstić information content (AvgIpc) is 3.25. The van der Waals surface area contributed by atoms with Crippen LogP contribution in [0, 0.1) is 0 Å². The van der Waals surface area contributed by atoms with Crippen molar-refractivity contribution in [3.05, 3.63) is 101 Å². The van der Waals surface area contributed by atoms with Gasteiger partial charge in [-0.25, -0.2) is 22.9 Å². The molecule has 0 spiro atoms. The molecule has 1 unspecified atom stereocenters. The maximum absolute atomic E-state index is 13.0. The number of sulfonamides is 1. The monoisotopic (exact) mass is 507 g/mol. The third-order valence-electron chi connectivity index (χ3n) is 5.18. The van der Waals surface area contributed by atoms with Gasteiger partial charge in [0.1, 0.15) is 0 Å². The number of hydrazone groups is 1. The summed E-state index contributed by atoms with van der Waals surface area (Å²) in [6, 6.07) is 18.1. The van der Waals surface area contributed by atoms with E-state index in [4.69, 9.17) is 11.6 Å². The predicted octanol–water partition coefficient (Wildman–Crippen LogP) is 5.26. The molecule has 0 saturated heterocycles. The number of hydrogen-bond acceptors (Lipinski definition) is 4. The summed E-state index contributed by atoms with van der Waals surface area (Å²) in [5.74, 6) is -0.357. The first-order valence-corrected chi connectivity index (χ1v) is 11.8. The first-order valence-electron chi connectivity index (χ1n) is 9.95. The van der Waals surface area contributed by atoms with Crippen molar-refractivity contribution in [3.63, 3.8) is 0 Å². The van der Waals surface area contributed by atoms with Gasteiger partial charge >= 0.3 is 12.2 Å². The number of carbonyl (C=O) groups excluding carboxylic acids is 1. The van der Waals surface area contributed by atoms with Crippen LogP contribution in [0.25, 0.3) is 0 Å². The molecule has 2 amide bonds. The molecule has 6 nitrogen and oxygen atoms in total. The highest BCUT2D eigenvalue weighted by Gasteiger charge is 2.35. The molecule has 1 N–H and O–H groups in total. The van der Waals surface area contributed by atoms with Crippen molar-refractivity contribution in [1.82, 2.24) is 9.73 Å². The van der Waals surface area contributed by atoms with Gasteiger partial charge in [-0.15, -0.1) is 0 Å². The molecule has 0 radical (unpaired) electrons. The second-order valence-electron chi connectivity index (χ2n) is 7.47. The molecule has 1 heterocycles. The molecule has 1 aliphatic rings. The zero-order valence-electron chi connectivity index (χ0n) is 17.3. The van der Waals surface area contributed by atoms with Crippen LogP contribution in [0.15, 0.2) is 88.9 Å². The van der Waals surface area contributed by atoms with E-state index in [-0.39, 0.29) is 12.5 Å². The van der Waals surface area contributed by atoms with Crippen molar-refractivity contribution in [1.29, 1.82) is 0 Å². The third kappa shape index (κ3) is 5.07. The molecule has 0 aliphatic carbocycles. The highest BCUT2D eigenvalue weighted by Crippen LogP contribution is 2.31. The summed E-state index contributed by atoms with van der Waals surface area (Å²) in [6.45, 7) is 0.0336. The maximum atomic E-state index is 13.0. The number of hydrogen-bond donors (Lipinski definition) is 1. The lowest BCUT2D eigenvalue weighted by Gasteiger charge is -2.16. The molecule has 3 aromatic carbocycles. The SMILES string of the molecule is O=C(NS(=O)(=O)c1cccc(C(F)(F)F)c1)N1CC(c2ccccc2)C(c2ccc(Cl)cc2)=N1. The zero-order valence-corrected chi connectivity index (χ0v) is 18.9. The molecule has 1 atom stereocenters. The molecule has 0 aromatic heterocycles.